The molecule has 0 unspecified atom stereocenters. The Kier molecular flexibility index (Phi) is 3.43. The Morgan fingerprint density at radius 2 is 1.71 bits per heavy atom. The van der Waals surface area contributed by atoms with Crippen LogP contribution in [-0.2, 0) is 0 Å². The molecule has 0 saturated carbocycles. The van der Waals surface area contributed by atoms with Crippen LogP contribution in [0.1, 0.15) is 5.56 Å². The van der Waals surface area contributed by atoms with Gasteiger partial charge in [-0.3, -0.25) is 4.57 Å². The van der Waals surface area contributed by atoms with Crippen LogP contribution in [0.2, 0.25) is 5.28 Å². The molecule has 3 nitrogen and oxygen atoms in total. The Morgan fingerprint density at radius 3 is 2.43 bits per heavy atom. The van der Waals surface area contributed by atoms with E-state index in [1.807, 2.05) is 18.2 Å². The summed E-state index contributed by atoms with van der Waals surface area (Å²) in [6, 6.07) is 11.3. The highest BCUT2D eigenvalue weighted by atomic mass is 35.5. The summed E-state index contributed by atoms with van der Waals surface area (Å²) in [5, 5.41) is 7.67. The first-order chi connectivity index (χ1) is 10.1. The smallest absolute Gasteiger partial charge is 0.230 e. The van der Waals surface area contributed by atoms with E-state index in [-0.39, 0.29) is 16.5 Å². The molecule has 6 heteroatoms. The van der Waals surface area contributed by atoms with E-state index >= 15 is 0 Å². The molecule has 0 aliphatic heterocycles. The predicted molar refractivity (Wildman–Crippen MR) is 76.5 cm³/mol. The first-order valence-electron chi connectivity index (χ1n) is 6.20. The van der Waals surface area contributed by atoms with Crippen molar-refractivity contribution in [1.29, 1.82) is 0 Å². The minimum Gasteiger partial charge on any atom is -0.263 e. The summed E-state index contributed by atoms with van der Waals surface area (Å²) < 4.78 is 29.2. The molecule has 1 heterocycles. The topological polar surface area (TPSA) is 30.7 Å². The molecule has 0 fully saturated rings. The highest BCUT2D eigenvalue weighted by Crippen LogP contribution is 2.27. The van der Waals surface area contributed by atoms with Gasteiger partial charge in [-0.05, 0) is 30.2 Å². The van der Waals surface area contributed by atoms with E-state index in [9.17, 15) is 8.78 Å². The fourth-order valence-corrected chi connectivity index (χ4v) is 2.27. The zero-order valence-electron chi connectivity index (χ0n) is 11.0. The summed E-state index contributed by atoms with van der Waals surface area (Å²) in [6.07, 6.45) is 0. The minimum absolute atomic E-state index is 0.0213. The average Bonchev–Trinajstić information content (AvgIpc) is 2.85. The van der Waals surface area contributed by atoms with E-state index in [0.717, 1.165) is 12.1 Å². The van der Waals surface area contributed by atoms with Crippen molar-refractivity contribution in [3.8, 4) is 17.1 Å². The fourth-order valence-electron chi connectivity index (χ4n) is 2.06. The second-order valence-corrected chi connectivity index (χ2v) is 4.88. The highest BCUT2D eigenvalue weighted by molar-refractivity contribution is 6.28. The Balaban J connectivity index is 2.25. The molecule has 0 saturated heterocycles. The van der Waals surface area contributed by atoms with Crippen LogP contribution in [0.5, 0.6) is 0 Å². The van der Waals surface area contributed by atoms with E-state index in [4.69, 9.17) is 11.6 Å². The molecule has 0 radical (unpaired) electrons. The second kappa shape index (κ2) is 5.26. The number of halogens is 3. The predicted octanol–water partition coefficient (Wildman–Crippen LogP) is 4.17. The zero-order chi connectivity index (χ0) is 15.0. The number of hydrogen-bond donors (Lipinski definition) is 0. The van der Waals surface area contributed by atoms with Gasteiger partial charge in [-0.1, -0.05) is 30.3 Å². The minimum atomic E-state index is -0.590. The molecule has 0 bridgehead atoms. The van der Waals surface area contributed by atoms with Gasteiger partial charge < -0.3 is 0 Å². The van der Waals surface area contributed by atoms with Crippen molar-refractivity contribution in [2.24, 2.45) is 0 Å². The Labute approximate surface area is 124 Å². The molecule has 0 N–H and O–H groups in total. The maximum atomic E-state index is 14.2. The van der Waals surface area contributed by atoms with Gasteiger partial charge in [0.15, 0.2) is 5.82 Å². The average molecular weight is 306 g/mol. The van der Waals surface area contributed by atoms with Crippen molar-refractivity contribution in [3.63, 3.8) is 0 Å². The van der Waals surface area contributed by atoms with Gasteiger partial charge >= 0.3 is 0 Å². The van der Waals surface area contributed by atoms with Crippen LogP contribution in [0, 0.1) is 18.6 Å². The largest absolute Gasteiger partial charge is 0.263 e. The van der Waals surface area contributed by atoms with Crippen molar-refractivity contribution in [2.75, 3.05) is 0 Å². The van der Waals surface area contributed by atoms with Gasteiger partial charge in [-0.15, -0.1) is 10.2 Å². The van der Waals surface area contributed by atoms with Gasteiger partial charge in [0, 0.05) is 11.6 Å². The number of rotatable bonds is 2. The standard InChI is InChI=1S/C15H10ClF2N3/c1-9-7-12(18)13(8-11(9)17)21-14(19-20-15(21)16)10-5-3-2-4-6-10/h2-8H,1H3. The first kappa shape index (κ1) is 13.7. The maximum absolute atomic E-state index is 14.2. The SMILES string of the molecule is Cc1cc(F)c(-n2c(Cl)nnc2-c2ccccc2)cc1F. The number of benzene rings is 2. The molecule has 0 aliphatic rings. The van der Waals surface area contributed by atoms with Crippen LogP contribution < -0.4 is 0 Å². The number of nitrogens with zero attached hydrogens (tertiary/aromatic N) is 3. The van der Waals surface area contributed by atoms with Crippen molar-refractivity contribution in [1.82, 2.24) is 14.8 Å². The Morgan fingerprint density at radius 1 is 1.00 bits per heavy atom. The zero-order valence-corrected chi connectivity index (χ0v) is 11.8. The molecule has 0 spiro atoms. The summed E-state index contributed by atoms with van der Waals surface area (Å²) in [5.41, 5.74) is 0.908. The molecule has 21 heavy (non-hydrogen) atoms. The molecular formula is C15H10ClF2N3. The van der Waals surface area contributed by atoms with E-state index in [2.05, 4.69) is 10.2 Å². The van der Waals surface area contributed by atoms with Crippen molar-refractivity contribution < 1.29 is 8.78 Å². The van der Waals surface area contributed by atoms with Crippen LogP contribution >= 0.6 is 11.6 Å². The van der Waals surface area contributed by atoms with Gasteiger partial charge in [0.25, 0.3) is 0 Å². The molecule has 3 rings (SSSR count). The van der Waals surface area contributed by atoms with Crippen molar-refractivity contribution >= 4 is 11.6 Å². The lowest BCUT2D eigenvalue weighted by Gasteiger charge is -2.10. The van der Waals surface area contributed by atoms with Gasteiger partial charge in [-0.25, -0.2) is 8.78 Å². The molecule has 1 aromatic heterocycles. The van der Waals surface area contributed by atoms with Gasteiger partial charge in [0.1, 0.15) is 11.6 Å². The molecule has 0 atom stereocenters. The summed E-state index contributed by atoms with van der Waals surface area (Å²) in [4.78, 5) is 0. The second-order valence-electron chi connectivity index (χ2n) is 4.55. The molecule has 0 amide bonds. The van der Waals surface area contributed by atoms with Gasteiger partial charge in [-0.2, -0.15) is 0 Å². The third-order valence-corrected chi connectivity index (χ3v) is 3.37. The Bertz CT molecular complexity index is 800. The van der Waals surface area contributed by atoms with Crippen LogP contribution in [0.4, 0.5) is 8.78 Å². The number of aromatic nitrogens is 3. The summed E-state index contributed by atoms with van der Waals surface area (Å²) in [5.74, 6) is -0.759. The number of hydrogen-bond acceptors (Lipinski definition) is 2. The summed E-state index contributed by atoms with van der Waals surface area (Å²) in [7, 11) is 0. The van der Waals surface area contributed by atoms with E-state index in [1.54, 1.807) is 12.1 Å². The maximum Gasteiger partial charge on any atom is 0.230 e. The molecular weight excluding hydrogens is 296 g/mol. The summed E-state index contributed by atoms with van der Waals surface area (Å²) in [6.45, 7) is 1.49. The quantitative estimate of drug-likeness (QED) is 0.711. The van der Waals surface area contributed by atoms with Gasteiger partial charge in [0.05, 0.1) is 5.69 Å². The van der Waals surface area contributed by atoms with Crippen molar-refractivity contribution in [3.05, 3.63) is 64.9 Å². The highest BCUT2D eigenvalue weighted by Gasteiger charge is 2.18. The van der Waals surface area contributed by atoms with E-state index < -0.39 is 11.6 Å². The monoisotopic (exact) mass is 305 g/mol. The van der Waals surface area contributed by atoms with Crippen LogP contribution in [0.25, 0.3) is 17.1 Å². The third kappa shape index (κ3) is 2.40. The van der Waals surface area contributed by atoms with E-state index in [0.29, 0.717) is 11.4 Å². The molecule has 0 aliphatic carbocycles. The normalized spacial score (nSPS) is 10.9. The lowest BCUT2D eigenvalue weighted by atomic mass is 10.2. The van der Waals surface area contributed by atoms with Crippen LogP contribution in [0.15, 0.2) is 42.5 Å². The van der Waals surface area contributed by atoms with Gasteiger partial charge in [0.2, 0.25) is 5.28 Å². The van der Waals surface area contributed by atoms with Crippen molar-refractivity contribution in [2.45, 2.75) is 6.92 Å². The Hall–Kier alpha value is -2.27. The molecule has 106 valence electrons. The lowest BCUT2D eigenvalue weighted by molar-refractivity contribution is 0.586. The number of aryl methyl sites for hydroxylation is 1. The fraction of sp³-hybridized carbons (Fsp3) is 0.0667. The lowest BCUT2D eigenvalue weighted by Crippen LogP contribution is -2.02. The molecule has 3 aromatic rings. The van der Waals surface area contributed by atoms with E-state index in [1.165, 1.54) is 11.5 Å². The molecule has 2 aromatic carbocycles. The summed E-state index contributed by atoms with van der Waals surface area (Å²) >= 11 is 5.99. The third-order valence-electron chi connectivity index (χ3n) is 3.12. The first-order valence-corrected chi connectivity index (χ1v) is 6.58. The van der Waals surface area contributed by atoms with Crippen LogP contribution in [-0.4, -0.2) is 14.8 Å². The van der Waals surface area contributed by atoms with Crippen LogP contribution in [0.3, 0.4) is 0 Å².